The predicted octanol–water partition coefficient (Wildman–Crippen LogP) is 3.68. The number of ether oxygens (including phenoxy) is 1. The van der Waals surface area contributed by atoms with Gasteiger partial charge in [0.05, 0.1) is 29.6 Å². The van der Waals surface area contributed by atoms with E-state index in [1.807, 2.05) is 32.0 Å². The maximum Gasteiger partial charge on any atom is 0.318 e. The van der Waals surface area contributed by atoms with Crippen molar-refractivity contribution in [2.75, 3.05) is 24.8 Å². The second-order valence-corrected chi connectivity index (χ2v) is 7.37. The Balaban J connectivity index is 1.74. The highest BCUT2D eigenvalue weighted by molar-refractivity contribution is 6.05. The number of benzene rings is 2. The van der Waals surface area contributed by atoms with Crippen LogP contribution in [0.15, 0.2) is 30.3 Å². The molecule has 1 atom stereocenters. The van der Waals surface area contributed by atoms with Crippen LogP contribution in [0, 0.1) is 5.92 Å². The summed E-state index contributed by atoms with van der Waals surface area (Å²) in [7, 11) is 3.13. The van der Waals surface area contributed by atoms with Crippen LogP contribution >= 0.6 is 0 Å². The lowest BCUT2D eigenvalue weighted by Crippen LogP contribution is -2.24. The number of methoxy groups -OCH3 is 1. The number of fused-ring (bicyclic) bond motifs is 2. The number of H-pyrrole nitrogens is 1. The fraction of sp³-hybridized carbons (Fsp3) is 0.286. The highest BCUT2D eigenvalue weighted by atomic mass is 16.5. The average Bonchev–Trinajstić information content (AvgIpc) is 3.24. The number of hydrogen-bond acceptors (Lipinski definition) is 4. The molecule has 1 unspecified atom stereocenters. The average molecular weight is 393 g/mol. The minimum absolute atomic E-state index is 0.0313. The van der Waals surface area contributed by atoms with Gasteiger partial charge in [0.25, 0.3) is 0 Å². The number of carbonyl (C=O) groups excluding carboxylic acids is 2. The van der Waals surface area contributed by atoms with Crippen LogP contribution in [0.3, 0.4) is 0 Å². The van der Waals surface area contributed by atoms with Crippen molar-refractivity contribution in [2.45, 2.75) is 19.8 Å². The lowest BCUT2D eigenvalue weighted by molar-refractivity contribution is -0.117. The number of imidazole rings is 1. The molecule has 0 saturated heterocycles. The highest BCUT2D eigenvalue weighted by Crippen LogP contribution is 2.40. The number of aromatic nitrogens is 2. The van der Waals surface area contributed by atoms with Crippen LogP contribution in [0.2, 0.25) is 0 Å². The van der Waals surface area contributed by atoms with E-state index in [9.17, 15) is 9.59 Å². The lowest BCUT2D eigenvalue weighted by atomic mass is 9.89. The molecule has 0 spiro atoms. The first-order valence-corrected chi connectivity index (χ1v) is 9.43. The molecule has 3 aromatic rings. The van der Waals surface area contributed by atoms with Gasteiger partial charge in [-0.15, -0.1) is 0 Å². The predicted molar refractivity (Wildman–Crippen MR) is 112 cm³/mol. The van der Waals surface area contributed by atoms with Crippen LogP contribution in [-0.4, -0.2) is 36.1 Å². The quantitative estimate of drug-likeness (QED) is 0.542. The first-order chi connectivity index (χ1) is 13.9. The van der Waals surface area contributed by atoms with Crippen LogP contribution in [-0.2, 0) is 4.79 Å². The molecule has 1 aliphatic heterocycles. The molecule has 0 fully saturated rings. The van der Waals surface area contributed by atoms with E-state index < -0.39 is 0 Å². The van der Waals surface area contributed by atoms with Gasteiger partial charge < -0.3 is 25.7 Å². The number of carbonyl (C=O) groups is 2. The van der Waals surface area contributed by atoms with E-state index in [4.69, 9.17) is 4.74 Å². The Morgan fingerprint density at radius 3 is 2.72 bits per heavy atom. The van der Waals surface area contributed by atoms with Crippen molar-refractivity contribution < 1.29 is 14.3 Å². The summed E-state index contributed by atoms with van der Waals surface area (Å²) < 4.78 is 5.51. The number of anilines is 2. The summed E-state index contributed by atoms with van der Waals surface area (Å²) in [4.78, 5) is 31.8. The number of aromatic amines is 1. The molecule has 0 saturated carbocycles. The number of hydrogen-bond donors (Lipinski definition) is 4. The molecule has 1 aliphatic rings. The Kier molecular flexibility index (Phi) is 4.62. The summed E-state index contributed by atoms with van der Waals surface area (Å²) in [5.41, 5.74) is 4.81. The van der Waals surface area contributed by atoms with E-state index in [0.717, 1.165) is 27.8 Å². The van der Waals surface area contributed by atoms with Gasteiger partial charge >= 0.3 is 6.03 Å². The number of nitrogens with one attached hydrogen (secondary N) is 4. The smallest absolute Gasteiger partial charge is 0.318 e. The molecule has 3 amide bonds. The number of urea groups is 1. The zero-order valence-electron chi connectivity index (χ0n) is 16.7. The van der Waals surface area contributed by atoms with Crippen LogP contribution in [0.4, 0.5) is 16.2 Å². The topological polar surface area (TPSA) is 108 Å². The molecule has 8 nitrogen and oxygen atoms in total. The van der Waals surface area contributed by atoms with Crippen molar-refractivity contribution in [2.24, 2.45) is 5.92 Å². The van der Waals surface area contributed by atoms with Crippen molar-refractivity contribution in [3.63, 3.8) is 0 Å². The molecule has 4 N–H and O–H groups in total. The Morgan fingerprint density at radius 1 is 1.24 bits per heavy atom. The Labute approximate surface area is 168 Å². The summed E-state index contributed by atoms with van der Waals surface area (Å²) in [5, 5.41) is 8.19. The summed E-state index contributed by atoms with van der Waals surface area (Å²) in [5.74, 6) is 1.31. The van der Waals surface area contributed by atoms with E-state index in [1.54, 1.807) is 26.3 Å². The second kappa shape index (κ2) is 7.12. The molecule has 2 aromatic carbocycles. The van der Waals surface area contributed by atoms with Gasteiger partial charge in [-0.05, 0) is 35.7 Å². The second-order valence-electron chi connectivity index (χ2n) is 7.37. The summed E-state index contributed by atoms with van der Waals surface area (Å²) in [6, 6.07) is 8.96. The summed E-state index contributed by atoms with van der Waals surface area (Å²) >= 11 is 0. The zero-order valence-corrected chi connectivity index (χ0v) is 16.7. The molecule has 8 heteroatoms. The number of rotatable bonds is 4. The van der Waals surface area contributed by atoms with Crippen molar-refractivity contribution in [1.29, 1.82) is 0 Å². The van der Waals surface area contributed by atoms with E-state index >= 15 is 0 Å². The van der Waals surface area contributed by atoms with Crippen molar-refractivity contribution in [3.8, 4) is 17.1 Å². The minimum atomic E-state index is -0.306. The molecular weight excluding hydrogens is 370 g/mol. The van der Waals surface area contributed by atoms with E-state index in [-0.39, 0.29) is 23.8 Å². The van der Waals surface area contributed by atoms with Gasteiger partial charge in [-0.2, -0.15) is 0 Å². The van der Waals surface area contributed by atoms with Crippen LogP contribution in [0.25, 0.3) is 22.4 Å². The standard InChI is InChI=1S/C21H23N5O3/c1-10(2)18-13-8-15-16(9-14(13)26-20(18)27)25-19(24-15)12-6-5-11(7-17(12)29-4)23-21(28)22-3/h5-10,18H,1-4H3,(H,24,25)(H,26,27)(H2,22,23,28). The summed E-state index contributed by atoms with van der Waals surface area (Å²) in [6.45, 7) is 4.09. The largest absolute Gasteiger partial charge is 0.496 e. The van der Waals surface area contributed by atoms with Crippen molar-refractivity contribution in [1.82, 2.24) is 15.3 Å². The fourth-order valence-electron chi connectivity index (χ4n) is 3.74. The third kappa shape index (κ3) is 3.26. The van der Waals surface area contributed by atoms with Crippen molar-refractivity contribution in [3.05, 3.63) is 35.9 Å². The SMILES string of the molecule is CNC(=O)Nc1ccc(-c2nc3cc4c(cc3[nH]2)C(C(C)C)C(=O)N4)c(OC)c1. The summed E-state index contributed by atoms with van der Waals surface area (Å²) in [6.07, 6.45) is 0. The van der Waals surface area contributed by atoms with Gasteiger partial charge in [-0.3, -0.25) is 4.79 Å². The Bertz CT molecular complexity index is 1120. The number of amides is 3. The molecule has 2 heterocycles. The highest BCUT2D eigenvalue weighted by Gasteiger charge is 2.33. The first-order valence-electron chi connectivity index (χ1n) is 9.43. The molecule has 4 rings (SSSR count). The molecule has 0 radical (unpaired) electrons. The van der Waals surface area contributed by atoms with Gasteiger partial charge in [-0.25, -0.2) is 9.78 Å². The Morgan fingerprint density at radius 2 is 2.03 bits per heavy atom. The van der Waals surface area contributed by atoms with Gasteiger partial charge in [0.15, 0.2) is 0 Å². The maximum atomic E-state index is 12.3. The van der Waals surface area contributed by atoms with Crippen LogP contribution in [0.1, 0.15) is 25.3 Å². The van der Waals surface area contributed by atoms with Gasteiger partial charge in [0, 0.05) is 24.5 Å². The molecule has 150 valence electrons. The van der Waals surface area contributed by atoms with Crippen LogP contribution in [0.5, 0.6) is 5.75 Å². The third-order valence-electron chi connectivity index (χ3n) is 5.14. The lowest BCUT2D eigenvalue weighted by Gasteiger charge is -2.12. The molecule has 0 bridgehead atoms. The molecule has 29 heavy (non-hydrogen) atoms. The maximum absolute atomic E-state index is 12.3. The molecular formula is C21H23N5O3. The van der Waals surface area contributed by atoms with E-state index in [2.05, 4.69) is 25.9 Å². The minimum Gasteiger partial charge on any atom is -0.496 e. The van der Waals surface area contributed by atoms with Gasteiger partial charge in [-0.1, -0.05) is 13.8 Å². The Hall–Kier alpha value is -3.55. The van der Waals surface area contributed by atoms with Gasteiger partial charge in [0.1, 0.15) is 11.6 Å². The fourth-order valence-corrected chi connectivity index (χ4v) is 3.74. The third-order valence-corrected chi connectivity index (χ3v) is 5.14. The van der Waals surface area contributed by atoms with Gasteiger partial charge in [0.2, 0.25) is 5.91 Å². The van der Waals surface area contributed by atoms with E-state index in [0.29, 0.717) is 17.3 Å². The van der Waals surface area contributed by atoms with E-state index in [1.165, 1.54) is 0 Å². The number of nitrogens with zero attached hydrogens (tertiary/aromatic N) is 1. The van der Waals surface area contributed by atoms with Crippen molar-refractivity contribution >= 4 is 34.3 Å². The molecule has 0 aliphatic carbocycles. The first kappa shape index (κ1) is 18.8. The normalized spacial score (nSPS) is 15.3. The monoisotopic (exact) mass is 393 g/mol. The zero-order chi connectivity index (χ0) is 20.7. The molecule has 1 aromatic heterocycles. The van der Waals surface area contributed by atoms with Crippen LogP contribution < -0.4 is 20.7 Å².